The Bertz CT molecular complexity index is 2940. The van der Waals surface area contributed by atoms with E-state index in [1.165, 1.54) is 83.6 Å². The summed E-state index contributed by atoms with van der Waals surface area (Å²) in [5.41, 5.74) is 20.7. The van der Waals surface area contributed by atoms with E-state index in [9.17, 15) is 0 Å². The second-order valence-electron chi connectivity index (χ2n) is 16.5. The summed E-state index contributed by atoms with van der Waals surface area (Å²) in [5, 5.41) is 0. The van der Waals surface area contributed by atoms with Gasteiger partial charge in [-0.15, -0.1) is 0 Å². The first-order chi connectivity index (χ1) is 29.0. The van der Waals surface area contributed by atoms with Crippen molar-refractivity contribution in [1.29, 1.82) is 0 Å². The molecule has 0 saturated heterocycles. The molecule has 1 nitrogen and oxygen atoms in total. The van der Waals surface area contributed by atoms with Gasteiger partial charge in [0.2, 0.25) is 0 Å². The summed E-state index contributed by atoms with van der Waals surface area (Å²) in [6, 6.07) is 82.8. The SMILES string of the molecule is CC1(C)c2ccccc2-c2cccc(N(c3ccc(-c4ccc(-c5ccccc5)cc4)cc3)c3ccc4c(c3)-c3ccccc3C4(c3ccccc3)c3ccccc3)c21. The lowest BCUT2D eigenvalue weighted by Gasteiger charge is -2.35. The van der Waals surface area contributed by atoms with Crippen LogP contribution < -0.4 is 4.90 Å². The third kappa shape index (κ3) is 5.39. The summed E-state index contributed by atoms with van der Waals surface area (Å²) in [7, 11) is 0. The lowest BCUT2D eigenvalue weighted by molar-refractivity contribution is 0.661. The molecular formula is C58H43N. The second kappa shape index (κ2) is 13.7. The number of hydrogen-bond acceptors (Lipinski definition) is 1. The van der Waals surface area contributed by atoms with Gasteiger partial charge in [-0.1, -0.05) is 208 Å². The van der Waals surface area contributed by atoms with Crippen molar-refractivity contribution in [2.75, 3.05) is 4.90 Å². The third-order valence-corrected chi connectivity index (χ3v) is 13.0. The number of nitrogens with zero attached hydrogens (tertiary/aromatic N) is 1. The molecule has 0 bridgehead atoms. The summed E-state index contributed by atoms with van der Waals surface area (Å²) in [6.45, 7) is 4.77. The van der Waals surface area contributed by atoms with Crippen molar-refractivity contribution in [3.05, 3.63) is 258 Å². The van der Waals surface area contributed by atoms with Gasteiger partial charge in [0.05, 0.1) is 11.1 Å². The Morgan fingerprint density at radius 3 is 1.37 bits per heavy atom. The van der Waals surface area contributed by atoms with E-state index in [0.717, 1.165) is 11.4 Å². The van der Waals surface area contributed by atoms with Gasteiger partial charge >= 0.3 is 0 Å². The monoisotopic (exact) mass is 753 g/mol. The molecule has 59 heavy (non-hydrogen) atoms. The van der Waals surface area contributed by atoms with Crippen LogP contribution in [-0.2, 0) is 10.8 Å². The molecule has 11 rings (SSSR count). The number of benzene rings is 9. The number of hydrogen-bond donors (Lipinski definition) is 0. The standard InChI is InChI=1S/C58H43N/c1-57(2)52-26-14-12-23-48(52)50-25-16-28-55(56(50)57)59(46-35-33-43(34-36-46)42-31-29-41(30-32-42)40-17-6-3-7-18-40)47-37-38-54-51(39-47)49-24-13-15-27-53(49)58(54,44-19-8-4-9-20-44)45-21-10-5-11-22-45/h3-39H,1-2H3. The zero-order chi connectivity index (χ0) is 39.6. The van der Waals surface area contributed by atoms with E-state index in [1.54, 1.807) is 0 Å². The van der Waals surface area contributed by atoms with Crippen LogP contribution in [0.1, 0.15) is 47.2 Å². The first-order valence-corrected chi connectivity index (χ1v) is 20.7. The van der Waals surface area contributed by atoms with Crippen LogP contribution >= 0.6 is 0 Å². The molecule has 0 N–H and O–H groups in total. The van der Waals surface area contributed by atoms with E-state index in [0.29, 0.717) is 0 Å². The quantitative estimate of drug-likeness (QED) is 0.157. The molecule has 0 fully saturated rings. The van der Waals surface area contributed by atoms with Crippen LogP contribution in [0.2, 0.25) is 0 Å². The Morgan fingerprint density at radius 1 is 0.322 bits per heavy atom. The van der Waals surface area contributed by atoms with Gasteiger partial charge in [0.15, 0.2) is 0 Å². The molecule has 0 spiro atoms. The summed E-state index contributed by atoms with van der Waals surface area (Å²) >= 11 is 0. The molecule has 280 valence electrons. The number of rotatable bonds is 7. The Hall–Kier alpha value is -7.22. The molecule has 0 amide bonds. The van der Waals surface area contributed by atoms with Crippen molar-refractivity contribution in [2.24, 2.45) is 0 Å². The summed E-state index contributed by atoms with van der Waals surface area (Å²) < 4.78 is 0. The molecule has 0 radical (unpaired) electrons. The zero-order valence-electron chi connectivity index (χ0n) is 33.3. The molecule has 0 atom stereocenters. The third-order valence-electron chi connectivity index (χ3n) is 13.0. The van der Waals surface area contributed by atoms with Crippen LogP contribution in [0.3, 0.4) is 0 Å². The molecule has 0 unspecified atom stereocenters. The molecule has 0 heterocycles. The summed E-state index contributed by atoms with van der Waals surface area (Å²) in [6.07, 6.45) is 0. The van der Waals surface area contributed by atoms with Crippen LogP contribution in [0.15, 0.2) is 224 Å². The Labute approximate surface area is 347 Å². The van der Waals surface area contributed by atoms with Crippen molar-refractivity contribution in [1.82, 2.24) is 0 Å². The predicted molar refractivity (Wildman–Crippen MR) is 247 cm³/mol. The van der Waals surface area contributed by atoms with Crippen molar-refractivity contribution >= 4 is 17.1 Å². The van der Waals surface area contributed by atoms with Gasteiger partial charge in [0, 0.05) is 16.8 Å². The fraction of sp³-hybridized carbons (Fsp3) is 0.0690. The van der Waals surface area contributed by atoms with E-state index < -0.39 is 5.41 Å². The van der Waals surface area contributed by atoms with E-state index in [-0.39, 0.29) is 5.41 Å². The Morgan fingerprint density at radius 2 is 0.763 bits per heavy atom. The molecule has 0 saturated carbocycles. The van der Waals surface area contributed by atoms with Gasteiger partial charge in [0.25, 0.3) is 0 Å². The predicted octanol–water partition coefficient (Wildman–Crippen LogP) is 15.2. The highest BCUT2D eigenvalue weighted by Gasteiger charge is 2.46. The van der Waals surface area contributed by atoms with E-state index in [2.05, 4.69) is 243 Å². The van der Waals surface area contributed by atoms with E-state index in [4.69, 9.17) is 0 Å². The van der Waals surface area contributed by atoms with E-state index >= 15 is 0 Å². The van der Waals surface area contributed by atoms with Gasteiger partial charge < -0.3 is 4.90 Å². The van der Waals surface area contributed by atoms with Crippen LogP contribution in [0.5, 0.6) is 0 Å². The van der Waals surface area contributed by atoms with Crippen LogP contribution in [0.4, 0.5) is 17.1 Å². The molecule has 9 aromatic carbocycles. The van der Waals surface area contributed by atoms with Crippen molar-refractivity contribution in [2.45, 2.75) is 24.7 Å². The average molecular weight is 754 g/mol. The summed E-state index contributed by atoms with van der Waals surface area (Å²) in [4.78, 5) is 2.50. The van der Waals surface area contributed by atoms with Gasteiger partial charge in [-0.25, -0.2) is 0 Å². The molecule has 1 heteroatoms. The van der Waals surface area contributed by atoms with Gasteiger partial charge in [-0.05, 0) is 108 Å². The van der Waals surface area contributed by atoms with E-state index in [1.807, 2.05) is 0 Å². The Balaban J connectivity index is 1.10. The highest BCUT2D eigenvalue weighted by Crippen LogP contribution is 2.58. The molecule has 0 aromatic heterocycles. The molecule has 2 aliphatic rings. The lowest BCUT2D eigenvalue weighted by atomic mass is 9.68. The second-order valence-corrected chi connectivity index (χ2v) is 16.5. The number of fused-ring (bicyclic) bond motifs is 6. The van der Waals surface area contributed by atoms with Gasteiger partial charge in [0.1, 0.15) is 0 Å². The smallest absolute Gasteiger partial charge is 0.0713 e. The van der Waals surface area contributed by atoms with Gasteiger partial charge in [-0.2, -0.15) is 0 Å². The topological polar surface area (TPSA) is 3.24 Å². The number of anilines is 3. The van der Waals surface area contributed by atoms with Crippen molar-refractivity contribution in [3.8, 4) is 44.5 Å². The van der Waals surface area contributed by atoms with Gasteiger partial charge in [-0.3, -0.25) is 0 Å². The highest BCUT2D eigenvalue weighted by molar-refractivity contribution is 5.94. The fourth-order valence-electron chi connectivity index (χ4n) is 10.3. The molecular weight excluding hydrogens is 711 g/mol. The maximum Gasteiger partial charge on any atom is 0.0713 e. The lowest BCUT2D eigenvalue weighted by Crippen LogP contribution is -2.28. The highest BCUT2D eigenvalue weighted by atomic mass is 15.1. The Kier molecular flexibility index (Phi) is 8.13. The van der Waals surface area contributed by atoms with Crippen molar-refractivity contribution < 1.29 is 0 Å². The maximum atomic E-state index is 2.50. The van der Waals surface area contributed by atoms with Crippen LogP contribution in [-0.4, -0.2) is 0 Å². The summed E-state index contributed by atoms with van der Waals surface area (Å²) in [5.74, 6) is 0. The first kappa shape index (κ1) is 35.0. The average Bonchev–Trinajstić information content (AvgIpc) is 3.73. The minimum atomic E-state index is -0.451. The first-order valence-electron chi connectivity index (χ1n) is 20.7. The minimum Gasteiger partial charge on any atom is -0.310 e. The molecule has 9 aromatic rings. The fourth-order valence-corrected chi connectivity index (χ4v) is 10.3. The molecule has 2 aliphatic carbocycles. The largest absolute Gasteiger partial charge is 0.310 e. The van der Waals surface area contributed by atoms with Crippen molar-refractivity contribution in [3.63, 3.8) is 0 Å². The van der Waals surface area contributed by atoms with Crippen LogP contribution in [0, 0.1) is 0 Å². The zero-order valence-corrected chi connectivity index (χ0v) is 33.3. The molecule has 0 aliphatic heterocycles. The maximum absolute atomic E-state index is 2.50. The minimum absolute atomic E-state index is 0.194. The normalized spacial score (nSPS) is 13.9. The van der Waals surface area contributed by atoms with Crippen LogP contribution in [0.25, 0.3) is 44.5 Å².